The first-order valence-corrected chi connectivity index (χ1v) is 8.18. The van der Waals surface area contributed by atoms with E-state index >= 15 is 0 Å². The summed E-state index contributed by atoms with van der Waals surface area (Å²) in [5.74, 6) is 1.000. The van der Waals surface area contributed by atoms with Crippen molar-refractivity contribution < 1.29 is 4.79 Å². The lowest BCUT2D eigenvalue weighted by atomic mass is 10.1. The summed E-state index contributed by atoms with van der Waals surface area (Å²) in [6.07, 6.45) is 2.47. The zero-order valence-corrected chi connectivity index (χ0v) is 14.6. The van der Waals surface area contributed by atoms with E-state index in [0.29, 0.717) is 39.6 Å². The number of rotatable bonds is 6. The quantitative estimate of drug-likeness (QED) is 0.777. The molecule has 0 spiro atoms. The van der Waals surface area contributed by atoms with Crippen molar-refractivity contribution in [2.45, 2.75) is 20.3 Å². The van der Waals surface area contributed by atoms with Crippen molar-refractivity contribution >= 4 is 40.6 Å². The second kappa shape index (κ2) is 8.18. The number of nitrogens with one attached hydrogen (secondary N) is 2. The Morgan fingerprint density at radius 3 is 2.43 bits per heavy atom. The van der Waals surface area contributed by atoms with E-state index in [1.807, 2.05) is 0 Å². The molecule has 0 aliphatic carbocycles. The molecule has 1 aromatic carbocycles. The summed E-state index contributed by atoms with van der Waals surface area (Å²) >= 11 is 12.2. The molecule has 23 heavy (non-hydrogen) atoms. The van der Waals surface area contributed by atoms with Crippen LogP contribution in [0, 0.1) is 5.92 Å². The first-order chi connectivity index (χ1) is 11.0. The fourth-order valence-electron chi connectivity index (χ4n) is 1.92. The van der Waals surface area contributed by atoms with Crippen LogP contribution in [0.2, 0.25) is 10.0 Å². The lowest BCUT2D eigenvalue weighted by Crippen LogP contribution is -2.25. The number of hydrogen-bond donors (Lipinski definition) is 2. The van der Waals surface area contributed by atoms with Crippen molar-refractivity contribution in [3.05, 3.63) is 52.1 Å². The van der Waals surface area contributed by atoms with Crippen LogP contribution in [-0.4, -0.2) is 17.4 Å². The van der Waals surface area contributed by atoms with Gasteiger partial charge in [-0.15, -0.1) is 0 Å². The van der Waals surface area contributed by atoms with E-state index in [4.69, 9.17) is 23.2 Å². The minimum absolute atomic E-state index is 0.125. The molecule has 0 unspecified atom stereocenters. The molecule has 4 nitrogen and oxygen atoms in total. The highest BCUT2D eigenvalue weighted by molar-refractivity contribution is 6.39. The molecule has 0 radical (unpaired) electrons. The molecule has 0 aliphatic heterocycles. The second-order valence-corrected chi connectivity index (χ2v) is 6.41. The zero-order valence-electron chi connectivity index (χ0n) is 13.1. The van der Waals surface area contributed by atoms with E-state index in [9.17, 15) is 4.79 Å². The summed E-state index contributed by atoms with van der Waals surface area (Å²) in [5, 5.41) is 6.95. The van der Waals surface area contributed by atoms with E-state index in [2.05, 4.69) is 29.5 Å². The third-order valence-corrected chi connectivity index (χ3v) is 3.88. The zero-order chi connectivity index (χ0) is 16.8. The number of pyridine rings is 1. The summed E-state index contributed by atoms with van der Waals surface area (Å²) in [6, 6.07) is 8.69. The van der Waals surface area contributed by atoms with Crippen LogP contribution in [0.3, 0.4) is 0 Å². The molecule has 0 fully saturated rings. The van der Waals surface area contributed by atoms with Gasteiger partial charge in [0.1, 0.15) is 5.82 Å². The van der Waals surface area contributed by atoms with E-state index in [1.54, 1.807) is 30.3 Å². The number of para-hydroxylation sites is 1. The molecule has 1 heterocycles. The van der Waals surface area contributed by atoms with Gasteiger partial charge in [0.05, 0.1) is 21.3 Å². The fourth-order valence-corrected chi connectivity index (χ4v) is 2.42. The third-order valence-electron chi connectivity index (χ3n) is 3.25. The first kappa shape index (κ1) is 17.6. The minimum atomic E-state index is -0.125. The number of halogens is 2. The number of carbonyl (C=O) groups excluding carboxylic acids is 1. The summed E-state index contributed by atoms with van der Waals surface area (Å²) in [4.78, 5) is 16.2. The Balaban J connectivity index is 2.01. The van der Waals surface area contributed by atoms with Crippen LogP contribution in [0.4, 0.5) is 11.5 Å². The van der Waals surface area contributed by atoms with Crippen molar-refractivity contribution in [3.8, 4) is 0 Å². The van der Waals surface area contributed by atoms with E-state index < -0.39 is 0 Å². The van der Waals surface area contributed by atoms with Gasteiger partial charge in [-0.2, -0.15) is 0 Å². The molecular weight excluding hydrogens is 333 g/mol. The number of carbonyl (C=O) groups is 1. The van der Waals surface area contributed by atoms with Crippen LogP contribution in [0.15, 0.2) is 36.5 Å². The number of aromatic nitrogens is 1. The molecule has 122 valence electrons. The van der Waals surface area contributed by atoms with Crippen LogP contribution in [0.1, 0.15) is 30.6 Å². The number of hydrogen-bond acceptors (Lipinski definition) is 3. The third kappa shape index (κ3) is 5.12. The van der Waals surface area contributed by atoms with E-state index in [1.165, 1.54) is 6.20 Å². The number of amides is 1. The van der Waals surface area contributed by atoms with Gasteiger partial charge in [-0.25, -0.2) is 4.98 Å². The van der Waals surface area contributed by atoms with Gasteiger partial charge >= 0.3 is 0 Å². The van der Waals surface area contributed by atoms with Crippen LogP contribution in [0.25, 0.3) is 0 Å². The van der Waals surface area contributed by atoms with Gasteiger partial charge in [0.25, 0.3) is 5.91 Å². The molecule has 2 N–H and O–H groups in total. The summed E-state index contributed by atoms with van der Waals surface area (Å²) in [5.41, 5.74) is 1.11. The molecule has 0 saturated carbocycles. The van der Waals surface area contributed by atoms with Crippen molar-refractivity contribution in [1.82, 2.24) is 10.3 Å². The van der Waals surface area contributed by atoms with Gasteiger partial charge in [-0.1, -0.05) is 43.1 Å². The molecule has 0 aliphatic rings. The largest absolute Gasteiger partial charge is 0.352 e. The Morgan fingerprint density at radius 2 is 1.87 bits per heavy atom. The standard InChI is InChI=1S/C17H19Cl2N3O/c1-11(2)8-9-20-17(23)12-6-7-15(21-10-12)22-16-13(18)4-3-5-14(16)19/h3-7,10-11H,8-9H2,1-2H3,(H,20,23)(H,21,22). The monoisotopic (exact) mass is 351 g/mol. The highest BCUT2D eigenvalue weighted by atomic mass is 35.5. The Kier molecular flexibility index (Phi) is 6.25. The van der Waals surface area contributed by atoms with Crippen LogP contribution in [-0.2, 0) is 0 Å². The van der Waals surface area contributed by atoms with E-state index in [0.717, 1.165) is 6.42 Å². The predicted molar refractivity (Wildman–Crippen MR) is 95.8 cm³/mol. The van der Waals surface area contributed by atoms with Crippen molar-refractivity contribution in [3.63, 3.8) is 0 Å². The van der Waals surface area contributed by atoms with Gasteiger partial charge in [0.2, 0.25) is 0 Å². The topological polar surface area (TPSA) is 54.0 Å². The molecule has 1 amide bonds. The Hall–Kier alpha value is -1.78. The molecule has 0 atom stereocenters. The van der Waals surface area contributed by atoms with Crippen LogP contribution in [0.5, 0.6) is 0 Å². The number of anilines is 2. The maximum Gasteiger partial charge on any atom is 0.252 e. The van der Waals surface area contributed by atoms with Crippen LogP contribution >= 0.6 is 23.2 Å². The smallest absolute Gasteiger partial charge is 0.252 e. The van der Waals surface area contributed by atoms with Crippen molar-refractivity contribution in [2.24, 2.45) is 5.92 Å². The highest BCUT2D eigenvalue weighted by Crippen LogP contribution is 2.31. The molecule has 6 heteroatoms. The maximum atomic E-state index is 12.0. The van der Waals surface area contributed by atoms with Gasteiger partial charge in [0, 0.05) is 12.7 Å². The molecular formula is C17H19Cl2N3O. The normalized spacial score (nSPS) is 10.7. The van der Waals surface area contributed by atoms with Gasteiger partial charge in [0.15, 0.2) is 0 Å². The molecule has 1 aromatic heterocycles. The summed E-state index contributed by atoms with van der Waals surface area (Å²) in [7, 11) is 0. The Bertz CT molecular complexity index is 652. The predicted octanol–water partition coefficient (Wildman–Crippen LogP) is 4.91. The van der Waals surface area contributed by atoms with Crippen LogP contribution < -0.4 is 10.6 Å². The molecule has 0 bridgehead atoms. The van der Waals surface area contributed by atoms with Gasteiger partial charge < -0.3 is 10.6 Å². The SMILES string of the molecule is CC(C)CCNC(=O)c1ccc(Nc2c(Cl)cccc2Cl)nc1. The Morgan fingerprint density at radius 1 is 1.17 bits per heavy atom. The van der Waals surface area contributed by atoms with Crippen molar-refractivity contribution in [1.29, 1.82) is 0 Å². The van der Waals surface area contributed by atoms with Gasteiger partial charge in [-0.3, -0.25) is 4.79 Å². The van der Waals surface area contributed by atoms with Gasteiger partial charge in [-0.05, 0) is 36.6 Å². The molecule has 2 aromatic rings. The first-order valence-electron chi connectivity index (χ1n) is 7.42. The highest BCUT2D eigenvalue weighted by Gasteiger charge is 2.09. The molecule has 0 saturated heterocycles. The Labute approximate surface area is 146 Å². The summed E-state index contributed by atoms with van der Waals surface area (Å²) in [6.45, 7) is 4.90. The number of nitrogens with zero attached hydrogens (tertiary/aromatic N) is 1. The average Bonchev–Trinajstić information content (AvgIpc) is 2.51. The lowest BCUT2D eigenvalue weighted by Gasteiger charge is -2.10. The summed E-state index contributed by atoms with van der Waals surface area (Å²) < 4.78 is 0. The maximum absolute atomic E-state index is 12.0. The van der Waals surface area contributed by atoms with E-state index in [-0.39, 0.29) is 5.91 Å². The fraction of sp³-hybridized carbons (Fsp3) is 0.294. The lowest BCUT2D eigenvalue weighted by molar-refractivity contribution is 0.0951. The average molecular weight is 352 g/mol. The molecule has 2 rings (SSSR count). The second-order valence-electron chi connectivity index (χ2n) is 5.59. The minimum Gasteiger partial charge on any atom is -0.352 e. The van der Waals surface area contributed by atoms with Crippen molar-refractivity contribution in [2.75, 3.05) is 11.9 Å². The number of benzene rings is 1.